The molecule has 7 heteroatoms. The van der Waals surface area contributed by atoms with Crippen LogP contribution in [-0.2, 0) is 13.0 Å². The van der Waals surface area contributed by atoms with Gasteiger partial charge in [0.2, 0.25) is 0 Å². The molecule has 0 saturated carbocycles. The average molecular weight is 378 g/mol. The van der Waals surface area contributed by atoms with E-state index in [2.05, 4.69) is 15.4 Å². The number of aryl methyl sites for hydroxylation is 2. The molecule has 4 rings (SSSR count). The lowest BCUT2D eigenvalue weighted by atomic mass is 10.0. The quantitative estimate of drug-likeness (QED) is 0.576. The molecule has 4 aromatic rings. The van der Waals surface area contributed by atoms with Gasteiger partial charge in [-0.3, -0.25) is 4.79 Å². The smallest absolute Gasteiger partial charge is 0.257 e. The van der Waals surface area contributed by atoms with Crippen molar-refractivity contribution in [2.75, 3.05) is 0 Å². The van der Waals surface area contributed by atoms with Crippen LogP contribution in [0, 0.1) is 19.7 Å². The number of amides is 1. The number of rotatable bonds is 5. The monoisotopic (exact) mass is 378 g/mol. The van der Waals surface area contributed by atoms with Crippen LogP contribution in [0.2, 0.25) is 0 Å². The molecule has 0 bridgehead atoms. The maximum Gasteiger partial charge on any atom is 0.257 e. The molecule has 3 aromatic heterocycles. The number of nitrogens with zero attached hydrogens (tertiary/aromatic N) is 3. The lowest BCUT2D eigenvalue weighted by Crippen LogP contribution is -2.22. The topological polar surface area (TPSA) is 72.4 Å². The van der Waals surface area contributed by atoms with E-state index < -0.39 is 0 Å². The number of hydrogen-bond donors (Lipinski definition) is 1. The molecule has 1 amide bonds. The second kappa shape index (κ2) is 7.26. The summed E-state index contributed by atoms with van der Waals surface area (Å²) >= 11 is 0. The van der Waals surface area contributed by atoms with Crippen molar-refractivity contribution in [3.8, 4) is 0 Å². The van der Waals surface area contributed by atoms with Crippen molar-refractivity contribution in [3.05, 3.63) is 88.5 Å². The second-order valence-corrected chi connectivity index (χ2v) is 6.62. The molecule has 0 aliphatic heterocycles. The number of hydrogen-bond acceptors (Lipinski definition) is 4. The average Bonchev–Trinajstić information content (AvgIpc) is 3.34. The Bertz CT molecular complexity index is 1130. The Morgan fingerprint density at radius 3 is 2.71 bits per heavy atom. The van der Waals surface area contributed by atoms with Crippen molar-refractivity contribution in [2.45, 2.75) is 26.8 Å². The highest BCUT2D eigenvalue weighted by molar-refractivity contribution is 5.99. The van der Waals surface area contributed by atoms with Gasteiger partial charge in [-0.25, -0.2) is 13.9 Å². The van der Waals surface area contributed by atoms with E-state index in [1.54, 1.807) is 35.0 Å². The Labute approximate surface area is 161 Å². The van der Waals surface area contributed by atoms with Crippen molar-refractivity contribution in [2.24, 2.45) is 0 Å². The Kier molecular flexibility index (Phi) is 4.65. The van der Waals surface area contributed by atoms with Gasteiger partial charge in [0.25, 0.3) is 5.91 Å². The van der Waals surface area contributed by atoms with Gasteiger partial charge in [-0.05, 0) is 49.2 Å². The molecule has 0 aliphatic carbocycles. The van der Waals surface area contributed by atoms with Crippen LogP contribution in [0.25, 0.3) is 5.65 Å². The highest BCUT2D eigenvalue weighted by Gasteiger charge is 2.18. The number of carbonyl (C=O) groups excluding carboxylic acids is 1. The van der Waals surface area contributed by atoms with Gasteiger partial charge in [0.15, 0.2) is 5.65 Å². The molecule has 1 N–H and O–H groups in total. The fourth-order valence-electron chi connectivity index (χ4n) is 3.21. The Morgan fingerprint density at radius 1 is 1.21 bits per heavy atom. The fourth-order valence-corrected chi connectivity index (χ4v) is 3.21. The van der Waals surface area contributed by atoms with Gasteiger partial charge >= 0.3 is 0 Å². The number of halogens is 1. The molecule has 1 aromatic carbocycles. The van der Waals surface area contributed by atoms with Crippen molar-refractivity contribution in [1.82, 2.24) is 19.9 Å². The van der Waals surface area contributed by atoms with Crippen molar-refractivity contribution in [3.63, 3.8) is 0 Å². The van der Waals surface area contributed by atoms with Crippen molar-refractivity contribution < 1.29 is 13.6 Å². The minimum Gasteiger partial charge on any atom is -0.467 e. The molecule has 0 aliphatic rings. The lowest BCUT2D eigenvalue weighted by molar-refractivity contribution is 0.0949. The zero-order valence-electron chi connectivity index (χ0n) is 15.6. The first-order valence-corrected chi connectivity index (χ1v) is 8.92. The molecule has 3 heterocycles. The minimum atomic E-state index is -0.261. The standard InChI is InChI=1S/C21H19FN4O2/c1-13-18(10-15-5-7-16(22)8-6-15)14(2)26-20(25-13)19(12-24-26)21(27)23-11-17-4-3-9-28-17/h3-9,12H,10-11H2,1-2H3,(H,23,27). The van der Waals surface area contributed by atoms with Crippen LogP contribution in [0.5, 0.6) is 0 Å². The third kappa shape index (κ3) is 3.38. The summed E-state index contributed by atoms with van der Waals surface area (Å²) in [5.74, 6) is 0.152. The van der Waals surface area contributed by atoms with Crippen LogP contribution >= 0.6 is 0 Å². The van der Waals surface area contributed by atoms with Crippen LogP contribution in [0.1, 0.15) is 38.6 Å². The van der Waals surface area contributed by atoms with E-state index in [-0.39, 0.29) is 11.7 Å². The predicted molar refractivity (Wildman–Crippen MR) is 102 cm³/mol. The van der Waals surface area contributed by atoms with Crippen molar-refractivity contribution in [1.29, 1.82) is 0 Å². The third-order valence-corrected chi connectivity index (χ3v) is 4.75. The zero-order valence-corrected chi connectivity index (χ0v) is 15.6. The molecular formula is C21H19FN4O2. The molecule has 0 atom stereocenters. The molecule has 6 nitrogen and oxygen atoms in total. The summed E-state index contributed by atoms with van der Waals surface area (Å²) < 4.78 is 20.1. The van der Waals surface area contributed by atoms with Crippen LogP contribution in [0.3, 0.4) is 0 Å². The van der Waals surface area contributed by atoms with Crippen LogP contribution in [0.15, 0.2) is 53.3 Å². The summed E-state index contributed by atoms with van der Waals surface area (Å²) in [5.41, 5.74) is 4.62. The first kappa shape index (κ1) is 17.9. The molecule has 28 heavy (non-hydrogen) atoms. The number of furan rings is 1. The molecular weight excluding hydrogens is 359 g/mol. The SMILES string of the molecule is Cc1nc2c(C(=O)NCc3ccco3)cnn2c(C)c1Cc1ccc(F)cc1. The van der Waals surface area contributed by atoms with Gasteiger partial charge in [0, 0.05) is 17.8 Å². The molecule has 0 saturated heterocycles. The summed E-state index contributed by atoms with van der Waals surface area (Å²) in [6, 6.07) is 9.98. The summed E-state index contributed by atoms with van der Waals surface area (Å²) in [6.45, 7) is 4.14. The summed E-state index contributed by atoms with van der Waals surface area (Å²) in [5, 5.41) is 7.17. The van der Waals surface area contributed by atoms with Gasteiger partial charge in [-0.15, -0.1) is 0 Å². The largest absolute Gasteiger partial charge is 0.467 e. The predicted octanol–water partition coefficient (Wildman–Crippen LogP) is 3.60. The normalized spacial score (nSPS) is 11.1. The van der Waals surface area contributed by atoms with E-state index in [0.717, 1.165) is 22.5 Å². The second-order valence-electron chi connectivity index (χ2n) is 6.62. The number of benzene rings is 1. The van der Waals surface area contributed by atoms with Gasteiger partial charge in [0.1, 0.15) is 17.1 Å². The minimum absolute atomic E-state index is 0.260. The fraction of sp³-hybridized carbons (Fsp3) is 0.190. The van der Waals surface area contributed by atoms with E-state index >= 15 is 0 Å². The maximum atomic E-state index is 13.2. The number of fused-ring (bicyclic) bond motifs is 1. The molecule has 0 radical (unpaired) electrons. The van der Waals surface area contributed by atoms with E-state index in [0.29, 0.717) is 29.9 Å². The molecule has 142 valence electrons. The van der Waals surface area contributed by atoms with Crippen LogP contribution in [0.4, 0.5) is 4.39 Å². The highest BCUT2D eigenvalue weighted by Crippen LogP contribution is 2.20. The molecule has 0 spiro atoms. The van der Waals surface area contributed by atoms with Gasteiger partial charge in [-0.2, -0.15) is 5.10 Å². The van der Waals surface area contributed by atoms with Gasteiger partial charge in [0.05, 0.1) is 19.0 Å². The van der Waals surface area contributed by atoms with Gasteiger partial charge < -0.3 is 9.73 Å². The summed E-state index contributed by atoms with van der Waals surface area (Å²) in [6.07, 6.45) is 3.70. The number of carbonyl (C=O) groups is 1. The zero-order chi connectivity index (χ0) is 19.7. The first-order chi connectivity index (χ1) is 13.5. The highest BCUT2D eigenvalue weighted by atomic mass is 19.1. The maximum absolute atomic E-state index is 13.2. The Balaban J connectivity index is 1.63. The Morgan fingerprint density at radius 2 is 2.00 bits per heavy atom. The Hall–Kier alpha value is -3.48. The number of nitrogens with one attached hydrogen (secondary N) is 1. The van der Waals surface area contributed by atoms with Crippen LogP contribution in [-0.4, -0.2) is 20.5 Å². The molecule has 0 unspecified atom stereocenters. The summed E-state index contributed by atoms with van der Waals surface area (Å²) in [7, 11) is 0. The van der Waals surface area contributed by atoms with Crippen LogP contribution < -0.4 is 5.32 Å². The van der Waals surface area contributed by atoms with E-state index in [1.807, 2.05) is 13.8 Å². The summed E-state index contributed by atoms with van der Waals surface area (Å²) in [4.78, 5) is 17.2. The lowest BCUT2D eigenvalue weighted by Gasteiger charge is -2.12. The molecule has 0 fully saturated rings. The van der Waals surface area contributed by atoms with E-state index in [1.165, 1.54) is 18.3 Å². The van der Waals surface area contributed by atoms with E-state index in [4.69, 9.17) is 4.42 Å². The first-order valence-electron chi connectivity index (χ1n) is 8.92. The van der Waals surface area contributed by atoms with Crippen molar-refractivity contribution >= 4 is 11.6 Å². The van der Waals surface area contributed by atoms with Gasteiger partial charge in [-0.1, -0.05) is 12.1 Å². The van der Waals surface area contributed by atoms with E-state index in [9.17, 15) is 9.18 Å². The third-order valence-electron chi connectivity index (χ3n) is 4.75. The number of aromatic nitrogens is 3.